The molecule has 0 N–H and O–H groups in total. The molecule has 1 aliphatic rings. The zero-order chi connectivity index (χ0) is 23.5. The first-order chi connectivity index (χ1) is 15.0. The molecule has 174 valence electrons. The number of methoxy groups -OCH3 is 1. The number of sulfone groups is 1. The summed E-state index contributed by atoms with van der Waals surface area (Å²) in [6, 6.07) is 9.81. The maximum atomic E-state index is 13.0. The van der Waals surface area contributed by atoms with Crippen LogP contribution in [-0.4, -0.2) is 44.7 Å². The number of alkyl halides is 3. The molecule has 0 aliphatic carbocycles. The third-order valence-electron chi connectivity index (χ3n) is 5.59. The van der Waals surface area contributed by atoms with Crippen LogP contribution in [0.15, 0.2) is 47.4 Å². The average Bonchev–Trinajstić information content (AvgIpc) is 2.77. The first kappa shape index (κ1) is 24.4. The van der Waals surface area contributed by atoms with Crippen molar-refractivity contribution in [1.82, 2.24) is 4.90 Å². The molecule has 32 heavy (non-hydrogen) atoms. The van der Waals surface area contributed by atoms with Gasteiger partial charge >= 0.3 is 6.18 Å². The number of hydrogen-bond donors (Lipinski definition) is 0. The Kier molecular flexibility index (Phi) is 7.39. The van der Waals surface area contributed by atoms with E-state index in [-0.39, 0.29) is 41.8 Å². The Morgan fingerprint density at radius 3 is 2.31 bits per heavy atom. The van der Waals surface area contributed by atoms with Crippen LogP contribution in [0.3, 0.4) is 0 Å². The van der Waals surface area contributed by atoms with Gasteiger partial charge in [-0.1, -0.05) is 17.7 Å². The summed E-state index contributed by atoms with van der Waals surface area (Å²) in [6.07, 6.45) is -3.77. The number of benzene rings is 2. The summed E-state index contributed by atoms with van der Waals surface area (Å²) in [5, 5.41) is -0.974. The van der Waals surface area contributed by atoms with Crippen molar-refractivity contribution in [1.29, 1.82) is 0 Å². The minimum absolute atomic E-state index is 0.0365. The molecule has 2 aromatic carbocycles. The molecule has 0 saturated carbocycles. The van der Waals surface area contributed by atoms with Crippen LogP contribution in [-0.2, 0) is 27.2 Å². The Balaban J connectivity index is 1.56. The van der Waals surface area contributed by atoms with E-state index in [1.165, 1.54) is 31.4 Å². The van der Waals surface area contributed by atoms with E-state index in [0.717, 1.165) is 6.07 Å². The standard InChI is InChI=1S/C22H23ClF3NO4S/c1-31-16-4-6-17(7-5-16)32(29,30)18-10-12-27(13-11-18)21(28)9-3-15-2-8-20(23)19(14-15)22(24,25)26/h2,4-8,14,18H,3,9-13H2,1H3. The molecule has 0 bridgehead atoms. The van der Waals surface area contributed by atoms with Crippen LogP contribution >= 0.6 is 11.6 Å². The number of likely N-dealkylation sites (tertiary alicyclic amines) is 1. The van der Waals surface area contributed by atoms with Crippen molar-refractivity contribution in [2.24, 2.45) is 0 Å². The van der Waals surface area contributed by atoms with Gasteiger partial charge in [0.15, 0.2) is 9.84 Å². The number of carbonyl (C=O) groups is 1. The molecular formula is C22H23ClF3NO4S. The summed E-state index contributed by atoms with van der Waals surface area (Å²) in [5.41, 5.74) is -0.555. The van der Waals surface area contributed by atoms with Gasteiger partial charge in [0.25, 0.3) is 0 Å². The Morgan fingerprint density at radius 2 is 1.75 bits per heavy atom. The number of rotatable bonds is 6. The molecule has 1 aliphatic heterocycles. The van der Waals surface area contributed by atoms with E-state index in [2.05, 4.69) is 0 Å². The van der Waals surface area contributed by atoms with Gasteiger partial charge in [-0.2, -0.15) is 13.2 Å². The molecule has 0 aromatic heterocycles. The quantitative estimate of drug-likeness (QED) is 0.586. The third-order valence-corrected chi connectivity index (χ3v) is 8.19. The second-order valence-corrected chi connectivity index (χ2v) is 10.2. The highest BCUT2D eigenvalue weighted by atomic mass is 35.5. The van der Waals surface area contributed by atoms with Crippen molar-refractivity contribution in [2.75, 3.05) is 20.2 Å². The van der Waals surface area contributed by atoms with E-state index in [4.69, 9.17) is 16.3 Å². The van der Waals surface area contributed by atoms with E-state index < -0.39 is 26.8 Å². The molecule has 0 atom stereocenters. The lowest BCUT2D eigenvalue weighted by atomic mass is 10.0. The molecule has 1 heterocycles. The predicted molar refractivity (Wildman–Crippen MR) is 115 cm³/mol. The minimum atomic E-state index is -4.56. The lowest BCUT2D eigenvalue weighted by Crippen LogP contribution is -2.42. The van der Waals surface area contributed by atoms with Gasteiger partial charge in [0.05, 0.1) is 27.8 Å². The number of carbonyl (C=O) groups excluding carboxylic acids is 1. The van der Waals surface area contributed by atoms with Crippen molar-refractivity contribution in [3.8, 4) is 5.75 Å². The van der Waals surface area contributed by atoms with Gasteiger partial charge in [-0.15, -0.1) is 0 Å². The molecule has 3 rings (SSSR count). The lowest BCUT2D eigenvalue weighted by molar-refractivity contribution is -0.137. The highest BCUT2D eigenvalue weighted by Crippen LogP contribution is 2.35. The molecule has 1 amide bonds. The number of hydrogen-bond acceptors (Lipinski definition) is 4. The second-order valence-electron chi connectivity index (χ2n) is 7.61. The smallest absolute Gasteiger partial charge is 0.417 e. The second kappa shape index (κ2) is 9.70. The van der Waals surface area contributed by atoms with Gasteiger partial charge in [-0.05, 0) is 61.2 Å². The van der Waals surface area contributed by atoms with Crippen LogP contribution in [0.25, 0.3) is 0 Å². The molecule has 2 aromatic rings. The predicted octanol–water partition coefficient (Wildman–Crippen LogP) is 4.76. The van der Waals surface area contributed by atoms with Gasteiger partial charge < -0.3 is 9.64 Å². The summed E-state index contributed by atoms with van der Waals surface area (Å²) in [7, 11) is -2.03. The Hall–Kier alpha value is -2.26. The van der Waals surface area contributed by atoms with Crippen molar-refractivity contribution >= 4 is 27.3 Å². The van der Waals surface area contributed by atoms with Crippen molar-refractivity contribution in [2.45, 2.75) is 42.0 Å². The van der Waals surface area contributed by atoms with E-state index in [1.807, 2.05) is 0 Å². The van der Waals surface area contributed by atoms with E-state index >= 15 is 0 Å². The monoisotopic (exact) mass is 489 g/mol. The Morgan fingerprint density at radius 1 is 1.12 bits per heavy atom. The number of ether oxygens (including phenoxy) is 1. The summed E-state index contributed by atoms with van der Waals surface area (Å²) in [5.74, 6) is 0.348. The zero-order valence-electron chi connectivity index (χ0n) is 17.4. The first-order valence-electron chi connectivity index (χ1n) is 10.0. The highest BCUT2D eigenvalue weighted by molar-refractivity contribution is 7.92. The van der Waals surface area contributed by atoms with E-state index in [9.17, 15) is 26.4 Å². The van der Waals surface area contributed by atoms with Crippen LogP contribution in [0.4, 0.5) is 13.2 Å². The molecular weight excluding hydrogens is 467 g/mol. The molecule has 10 heteroatoms. The van der Waals surface area contributed by atoms with Gasteiger partial charge in [-0.25, -0.2) is 8.42 Å². The van der Waals surface area contributed by atoms with Crippen LogP contribution in [0.2, 0.25) is 5.02 Å². The third kappa shape index (κ3) is 5.56. The summed E-state index contributed by atoms with van der Waals surface area (Å²) < 4.78 is 69.8. The number of halogens is 4. The number of piperidine rings is 1. The van der Waals surface area contributed by atoms with E-state index in [0.29, 0.717) is 24.2 Å². The average molecular weight is 490 g/mol. The van der Waals surface area contributed by atoms with Crippen molar-refractivity contribution < 1.29 is 31.1 Å². The molecule has 0 spiro atoms. The Labute approximate surface area is 190 Å². The van der Waals surface area contributed by atoms with Crippen LogP contribution in [0.1, 0.15) is 30.4 Å². The SMILES string of the molecule is COc1ccc(S(=O)(=O)C2CCN(C(=O)CCc3ccc(Cl)c(C(F)(F)F)c3)CC2)cc1. The van der Waals surface area contributed by atoms with E-state index in [1.54, 1.807) is 17.0 Å². The molecule has 0 radical (unpaired) electrons. The molecule has 1 fully saturated rings. The Bertz CT molecular complexity index is 1060. The number of aryl methyl sites for hydroxylation is 1. The fourth-order valence-electron chi connectivity index (χ4n) is 3.73. The van der Waals surface area contributed by atoms with Crippen molar-refractivity contribution in [3.05, 3.63) is 58.6 Å². The fraction of sp³-hybridized carbons (Fsp3) is 0.409. The minimum Gasteiger partial charge on any atom is -0.497 e. The van der Waals surface area contributed by atoms with Gasteiger partial charge in [-0.3, -0.25) is 4.79 Å². The van der Waals surface area contributed by atoms with Crippen molar-refractivity contribution in [3.63, 3.8) is 0 Å². The fourth-order valence-corrected chi connectivity index (χ4v) is 5.68. The van der Waals surface area contributed by atoms with Gasteiger partial charge in [0.1, 0.15) is 5.75 Å². The first-order valence-corrected chi connectivity index (χ1v) is 12.0. The maximum absolute atomic E-state index is 13.0. The zero-order valence-corrected chi connectivity index (χ0v) is 18.9. The summed E-state index contributed by atoms with van der Waals surface area (Å²) in [4.78, 5) is 14.3. The normalized spacial score (nSPS) is 15.6. The topological polar surface area (TPSA) is 63.7 Å². The highest BCUT2D eigenvalue weighted by Gasteiger charge is 2.34. The number of nitrogens with zero attached hydrogens (tertiary/aromatic N) is 1. The summed E-state index contributed by atoms with van der Waals surface area (Å²) in [6.45, 7) is 0.570. The molecule has 5 nitrogen and oxygen atoms in total. The van der Waals surface area contributed by atoms with Gasteiger partial charge in [0, 0.05) is 19.5 Å². The largest absolute Gasteiger partial charge is 0.497 e. The number of amides is 1. The molecule has 1 saturated heterocycles. The maximum Gasteiger partial charge on any atom is 0.417 e. The van der Waals surface area contributed by atoms with Crippen LogP contribution < -0.4 is 4.74 Å². The van der Waals surface area contributed by atoms with Crippen LogP contribution in [0.5, 0.6) is 5.75 Å². The lowest BCUT2D eigenvalue weighted by Gasteiger charge is -2.32. The van der Waals surface area contributed by atoms with Gasteiger partial charge in [0.2, 0.25) is 5.91 Å². The van der Waals surface area contributed by atoms with Crippen LogP contribution in [0, 0.1) is 0 Å². The molecule has 0 unspecified atom stereocenters. The summed E-state index contributed by atoms with van der Waals surface area (Å²) >= 11 is 5.62.